The Morgan fingerprint density at radius 2 is 1.38 bits per heavy atom. The highest BCUT2D eigenvalue weighted by Crippen LogP contribution is 2.32. The van der Waals surface area contributed by atoms with Crippen LogP contribution < -0.4 is 0 Å². The fraction of sp³-hybridized carbons (Fsp3) is 0.913. The first-order chi connectivity index (χ1) is 12.6. The van der Waals surface area contributed by atoms with Crippen LogP contribution in [0.5, 0.6) is 0 Å². The van der Waals surface area contributed by atoms with Gasteiger partial charge in [0, 0.05) is 25.8 Å². The van der Waals surface area contributed by atoms with E-state index in [0.717, 1.165) is 24.8 Å². The summed E-state index contributed by atoms with van der Waals surface area (Å²) in [5.41, 5.74) is 1.29. The summed E-state index contributed by atoms with van der Waals surface area (Å²) in [7, 11) is 2.16. The van der Waals surface area contributed by atoms with Crippen molar-refractivity contribution in [1.82, 2.24) is 14.7 Å². The van der Waals surface area contributed by atoms with Crippen molar-refractivity contribution >= 4 is 0 Å². The zero-order valence-corrected chi connectivity index (χ0v) is 18.0. The van der Waals surface area contributed by atoms with Gasteiger partial charge in [0.1, 0.15) is 0 Å². The summed E-state index contributed by atoms with van der Waals surface area (Å²) in [6.07, 6.45) is 12.5. The first-order valence-electron chi connectivity index (χ1n) is 11.5. The van der Waals surface area contributed by atoms with E-state index in [4.69, 9.17) is 0 Å². The van der Waals surface area contributed by atoms with Crippen LogP contribution in [0, 0.1) is 11.8 Å². The highest BCUT2D eigenvalue weighted by Gasteiger charge is 2.29. The molecule has 0 bridgehead atoms. The van der Waals surface area contributed by atoms with E-state index in [-0.39, 0.29) is 0 Å². The third-order valence-corrected chi connectivity index (χ3v) is 6.99. The van der Waals surface area contributed by atoms with Crippen LogP contribution in [0.4, 0.5) is 0 Å². The van der Waals surface area contributed by atoms with E-state index in [1.54, 1.807) is 0 Å². The number of piperidine rings is 2. The monoisotopic (exact) mass is 363 g/mol. The predicted octanol–water partition coefficient (Wildman–Crippen LogP) is 4.85. The molecule has 2 fully saturated rings. The molecule has 0 aromatic heterocycles. The van der Waals surface area contributed by atoms with Gasteiger partial charge in [-0.25, -0.2) is 0 Å². The lowest BCUT2D eigenvalue weighted by Crippen LogP contribution is -2.41. The average molecular weight is 364 g/mol. The van der Waals surface area contributed by atoms with E-state index in [9.17, 15) is 0 Å². The third-order valence-electron chi connectivity index (χ3n) is 6.99. The minimum absolute atomic E-state index is 0.995. The minimum atomic E-state index is 0.995. The van der Waals surface area contributed by atoms with Crippen LogP contribution in [0.2, 0.25) is 0 Å². The molecule has 2 aliphatic heterocycles. The Bertz CT molecular complexity index is 379. The lowest BCUT2D eigenvalue weighted by molar-refractivity contribution is 0.0954. The molecule has 0 unspecified atom stereocenters. The fourth-order valence-corrected chi connectivity index (χ4v) is 4.76. The van der Waals surface area contributed by atoms with Gasteiger partial charge in [0.15, 0.2) is 0 Å². The van der Waals surface area contributed by atoms with Crippen LogP contribution >= 0.6 is 0 Å². The summed E-state index contributed by atoms with van der Waals surface area (Å²) in [6, 6.07) is 0. The van der Waals surface area contributed by atoms with Crippen LogP contribution in [0.3, 0.4) is 0 Å². The Morgan fingerprint density at radius 3 is 1.88 bits per heavy atom. The van der Waals surface area contributed by atoms with Gasteiger partial charge in [-0.05, 0) is 90.0 Å². The van der Waals surface area contributed by atoms with Crippen molar-refractivity contribution in [3.63, 3.8) is 0 Å². The zero-order valence-electron chi connectivity index (χ0n) is 18.0. The zero-order chi connectivity index (χ0) is 18.8. The molecular weight excluding hydrogens is 318 g/mol. The molecule has 0 amide bonds. The van der Waals surface area contributed by atoms with Crippen LogP contribution in [-0.2, 0) is 0 Å². The highest BCUT2D eigenvalue weighted by atomic mass is 15.1. The molecule has 3 heteroatoms. The second-order valence-electron chi connectivity index (χ2n) is 8.75. The van der Waals surface area contributed by atoms with E-state index in [1.165, 1.54) is 96.3 Å². The molecule has 2 aliphatic rings. The standard InChI is InChI=1S/C23H45N3/c1-5-7-8-9-15-25-17-11-22(12-18-25)23-13-19-26(20-14-23)16-10-21(3)24(4)6-2/h22-23H,3,5-20H2,1-2,4H3. The van der Waals surface area contributed by atoms with Crippen molar-refractivity contribution in [2.45, 2.75) is 71.6 Å². The Kier molecular flexibility index (Phi) is 10.1. The summed E-state index contributed by atoms with van der Waals surface area (Å²) in [5, 5.41) is 0. The van der Waals surface area contributed by atoms with Gasteiger partial charge in [0.05, 0.1) is 0 Å². The summed E-state index contributed by atoms with van der Waals surface area (Å²) < 4.78 is 0. The summed E-state index contributed by atoms with van der Waals surface area (Å²) in [4.78, 5) is 7.69. The Labute approximate surface area is 163 Å². The predicted molar refractivity (Wildman–Crippen MR) is 115 cm³/mol. The molecule has 0 aromatic carbocycles. The van der Waals surface area contributed by atoms with E-state index >= 15 is 0 Å². The van der Waals surface area contributed by atoms with Crippen LogP contribution in [-0.4, -0.2) is 67.6 Å². The van der Waals surface area contributed by atoms with Crippen molar-refractivity contribution < 1.29 is 0 Å². The van der Waals surface area contributed by atoms with Crippen molar-refractivity contribution in [3.05, 3.63) is 12.3 Å². The maximum absolute atomic E-state index is 4.23. The molecule has 3 nitrogen and oxygen atoms in total. The number of likely N-dealkylation sites (tertiary alicyclic amines) is 2. The van der Waals surface area contributed by atoms with Crippen molar-refractivity contribution in [2.24, 2.45) is 11.8 Å². The molecule has 2 rings (SSSR count). The maximum Gasteiger partial charge on any atom is 0.0143 e. The molecule has 2 heterocycles. The first kappa shape index (κ1) is 21.8. The Balaban J connectivity index is 1.58. The Hall–Kier alpha value is -0.540. The van der Waals surface area contributed by atoms with Gasteiger partial charge < -0.3 is 14.7 Å². The molecule has 2 saturated heterocycles. The summed E-state index contributed by atoms with van der Waals surface area (Å²) >= 11 is 0. The normalized spacial score (nSPS) is 21.2. The fourth-order valence-electron chi connectivity index (χ4n) is 4.76. The second kappa shape index (κ2) is 12.0. The molecule has 26 heavy (non-hydrogen) atoms. The Morgan fingerprint density at radius 1 is 0.846 bits per heavy atom. The number of hydrogen-bond donors (Lipinski definition) is 0. The molecule has 0 aromatic rings. The molecule has 0 saturated carbocycles. The SMILES string of the molecule is C=C(CCN1CCC(C2CCN(CCCCCC)CC2)CC1)N(C)CC. The molecule has 0 spiro atoms. The second-order valence-corrected chi connectivity index (χ2v) is 8.75. The molecule has 0 atom stereocenters. The maximum atomic E-state index is 4.23. The molecular formula is C23H45N3. The highest BCUT2D eigenvalue weighted by molar-refractivity contribution is 4.93. The number of nitrogens with zero attached hydrogens (tertiary/aromatic N) is 3. The van der Waals surface area contributed by atoms with Gasteiger partial charge in [0.2, 0.25) is 0 Å². The topological polar surface area (TPSA) is 9.72 Å². The minimum Gasteiger partial charge on any atom is -0.379 e. The third kappa shape index (κ3) is 7.23. The van der Waals surface area contributed by atoms with Gasteiger partial charge in [-0.15, -0.1) is 0 Å². The molecule has 152 valence electrons. The summed E-state index contributed by atoms with van der Waals surface area (Å²) in [5.74, 6) is 2.00. The number of rotatable bonds is 11. The van der Waals surface area contributed by atoms with E-state index < -0.39 is 0 Å². The van der Waals surface area contributed by atoms with E-state index in [2.05, 4.69) is 42.2 Å². The van der Waals surface area contributed by atoms with E-state index in [1.807, 2.05) is 0 Å². The lowest BCUT2D eigenvalue weighted by atomic mass is 9.78. The number of unbranched alkanes of at least 4 members (excludes halogenated alkanes) is 3. The van der Waals surface area contributed by atoms with Gasteiger partial charge in [-0.2, -0.15) is 0 Å². The van der Waals surface area contributed by atoms with Crippen molar-refractivity contribution in [3.8, 4) is 0 Å². The summed E-state index contributed by atoms with van der Waals surface area (Å²) in [6.45, 7) is 17.7. The van der Waals surface area contributed by atoms with Gasteiger partial charge in [-0.1, -0.05) is 32.8 Å². The first-order valence-corrected chi connectivity index (χ1v) is 11.5. The van der Waals surface area contributed by atoms with Crippen molar-refractivity contribution in [1.29, 1.82) is 0 Å². The molecule has 0 radical (unpaired) electrons. The van der Waals surface area contributed by atoms with Crippen LogP contribution in [0.25, 0.3) is 0 Å². The van der Waals surface area contributed by atoms with Gasteiger partial charge >= 0.3 is 0 Å². The van der Waals surface area contributed by atoms with Gasteiger partial charge in [0.25, 0.3) is 0 Å². The smallest absolute Gasteiger partial charge is 0.0143 e. The largest absolute Gasteiger partial charge is 0.379 e. The van der Waals surface area contributed by atoms with Crippen LogP contribution in [0.1, 0.15) is 71.6 Å². The molecule has 0 aliphatic carbocycles. The molecule has 0 N–H and O–H groups in total. The van der Waals surface area contributed by atoms with Crippen molar-refractivity contribution in [2.75, 3.05) is 52.9 Å². The quantitative estimate of drug-likeness (QED) is 0.486. The van der Waals surface area contributed by atoms with Gasteiger partial charge in [-0.3, -0.25) is 0 Å². The van der Waals surface area contributed by atoms with E-state index in [0.29, 0.717) is 0 Å². The number of hydrogen-bond acceptors (Lipinski definition) is 3. The lowest BCUT2D eigenvalue weighted by Gasteiger charge is -2.40. The van der Waals surface area contributed by atoms with Crippen LogP contribution in [0.15, 0.2) is 12.3 Å². The average Bonchev–Trinajstić information content (AvgIpc) is 2.69.